The van der Waals surface area contributed by atoms with Crippen LogP contribution < -0.4 is 10.5 Å². The molecule has 2 heterocycles. The number of furan rings is 1. The molecular weight excluding hydrogens is 394 g/mol. The zero-order chi connectivity index (χ0) is 20.9. The van der Waals surface area contributed by atoms with Gasteiger partial charge >= 0.3 is 0 Å². The third-order valence-electron chi connectivity index (χ3n) is 4.57. The monoisotopic (exact) mass is 419 g/mol. The Morgan fingerprint density at radius 1 is 1.17 bits per heavy atom. The number of nitrogens with one attached hydrogen (secondary N) is 1. The smallest absolute Gasteiger partial charge is 0.289 e. The maximum Gasteiger partial charge on any atom is 0.289 e. The van der Waals surface area contributed by atoms with E-state index < -0.39 is 10.0 Å². The lowest BCUT2D eigenvalue weighted by atomic mass is 10.2. The van der Waals surface area contributed by atoms with Gasteiger partial charge in [-0.15, -0.1) is 0 Å². The van der Waals surface area contributed by atoms with Gasteiger partial charge in [-0.2, -0.15) is 0 Å². The summed E-state index contributed by atoms with van der Waals surface area (Å²) in [6.45, 7) is 5.38. The van der Waals surface area contributed by atoms with Gasteiger partial charge in [0.05, 0.1) is 17.7 Å². The highest BCUT2D eigenvalue weighted by Crippen LogP contribution is 2.12. The van der Waals surface area contributed by atoms with Crippen LogP contribution in [0.25, 0.3) is 0 Å². The van der Waals surface area contributed by atoms with Gasteiger partial charge in [0.1, 0.15) is 0 Å². The number of guanidine groups is 1. The lowest BCUT2D eigenvalue weighted by molar-refractivity contribution is 0.0657. The first-order valence-corrected chi connectivity index (χ1v) is 10.9. The number of aliphatic imine (C=N–C) groups is 1. The van der Waals surface area contributed by atoms with Gasteiger partial charge in [0, 0.05) is 32.7 Å². The van der Waals surface area contributed by atoms with E-state index in [1.807, 2.05) is 13.0 Å². The van der Waals surface area contributed by atoms with Crippen LogP contribution in [0.5, 0.6) is 0 Å². The van der Waals surface area contributed by atoms with Crippen LogP contribution in [0.15, 0.2) is 57.0 Å². The summed E-state index contributed by atoms with van der Waals surface area (Å²) in [4.78, 5) is 20.9. The summed E-state index contributed by atoms with van der Waals surface area (Å²) in [6.07, 6.45) is 1.49. The van der Waals surface area contributed by atoms with E-state index in [-0.39, 0.29) is 10.8 Å². The molecule has 0 aliphatic carbocycles. The molecule has 1 fully saturated rings. The maximum atomic E-state index is 12.4. The summed E-state index contributed by atoms with van der Waals surface area (Å²) in [5.41, 5.74) is 0.749. The number of nitrogens with zero attached hydrogens (tertiary/aromatic N) is 3. The van der Waals surface area contributed by atoms with Gasteiger partial charge in [-0.05, 0) is 36.8 Å². The molecule has 1 aliphatic rings. The normalized spacial score (nSPS) is 15.4. The third-order valence-corrected chi connectivity index (χ3v) is 5.48. The fourth-order valence-corrected chi connectivity index (χ4v) is 3.67. The summed E-state index contributed by atoms with van der Waals surface area (Å²) in [6, 6.07) is 9.81. The van der Waals surface area contributed by atoms with Crippen molar-refractivity contribution < 1.29 is 17.6 Å². The molecule has 29 heavy (non-hydrogen) atoms. The van der Waals surface area contributed by atoms with Crippen molar-refractivity contribution in [1.82, 2.24) is 15.1 Å². The zero-order valence-electron chi connectivity index (χ0n) is 16.2. The van der Waals surface area contributed by atoms with Crippen LogP contribution in [0.1, 0.15) is 23.0 Å². The van der Waals surface area contributed by atoms with Crippen LogP contribution in [0.4, 0.5) is 0 Å². The van der Waals surface area contributed by atoms with E-state index in [1.165, 1.54) is 18.4 Å². The molecule has 3 rings (SSSR count). The molecule has 2 aromatic rings. The fourth-order valence-electron chi connectivity index (χ4n) is 3.09. The summed E-state index contributed by atoms with van der Waals surface area (Å²) in [5, 5.41) is 8.45. The van der Waals surface area contributed by atoms with Crippen LogP contribution >= 0.6 is 0 Å². The molecule has 1 aliphatic heterocycles. The van der Waals surface area contributed by atoms with Gasteiger partial charge in [0.25, 0.3) is 5.91 Å². The van der Waals surface area contributed by atoms with E-state index in [2.05, 4.69) is 15.2 Å². The Balaban J connectivity index is 1.65. The minimum Gasteiger partial charge on any atom is -0.459 e. The molecule has 156 valence electrons. The number of hydrogen-bond donors (Lipinski definition) is 2. The van der Waals surface area contributed by atoms with Gasteiger partial charge in [-0.3, -0.25) is 4.79 Å². The number of carbonyl (C=O) groups excluding carboxylic acids is 1. The molecule has 0 spiro atoms. The van der Waals surface area contributed by atoms with Crippen molar-refractivity contribution in [3.05, 3.63) is 54.0 Å². The maximum absolute atomic E-state index is 12.4. The second-order valence-corrected chi connectivity index (χ2v) is 8.18. The van der Waals surface area contributed by atoms with E-state index in [9.17, 15) is 13.2 Å². The van der Waals surface area contributed by atoms with Crippen molar-refractivity contribution in [1.29, 1.82) is 0 Å². The topological polar surface area (TPSA) is 121 Å². The van der Waals surface area contributed by atoms with Gasteiger partial charge in [-0.1, -0.05) is 12.1 Å². The number of rotatable bonds is 5. The predicted octanol–water partition coefficient (Wildman–Crippen LogP) is 0.851. The van der Waals surface area contributed by atoms with Crippen molar-refractivity contribution in [2.75, 3.05) is 32.7 Å². The number of primary sulfonamides is 1. The van der Waals surface area contributed by atoms with Crippen LogP contribution in [0, 0.1) is 0 Å². The Hall–Kier alpha value is -2.85. The quantitative estimate of drug-likeness (QED) is 0.547. The van der Waals surface area contributed by atoms with Crippen LogP contribution in [-0.4, -0.2) is 62.8 Å². The molecule has 0 unspecified atom stereocenters. The molecule has 1 aromatic carbocycles. The minimum absolute atomic E-state index is 0.0697. The lowest BCUT2D eigenvalue weighted by Crippen LogP contribution is -2.53. The van der Waals surface area contributed by atoms with Crippen LogP contribution in [0.3, 0.4) is 0 Å². The SMILES string of the molecule is CCNC(=NCc1cccc(S(N)(=O)=O)c1)N1CCN(C(=O)c2ccco2)CC1. The molecule has 0 saturated carbocycles. The highest BCUT2D eigenvalue weighted by Gasteiger charge is 2.25. The predicted molar refractivity (Wildman–Crippen MR) is 109 cm³/mol. The fraction of sp³-hybridized carbons (Fsp3) is 0.368. The molecule has 1 aromatic heterocycles. The molecule has 3 N–H and O–H groups in total. The molecule has 0 bridgehead atoms. The molecule has 10 heteroatoms. The average molecular weight is 420 g/mol. The number of sulfonamides is 1. The Morgan fingerprint density at radius 2 is 1.90 bits per heavy atom. The van der Waals surface area contributed by atoms with Gasteiger partial charge in [-0.25, -0.2) is 18.5 Å². The third kappa shape index (κ3) is 5.36. The zero-order valence-corrected chi connectivity index (χ0v) is 17.1. The van der Waals surface area contributed by atoms with Crippen molar-refractivity contribution >= 4 is 21.9 Å². The Bertz CT molecular complexity index is 964. The molecule has 1 amide bonds. The second kappa shape index (κ2) is 9.10. The van der Waals surface area contributed by atoms with E-state index in [1.54, 1.807) is 23.1 Å². The van der Waals surface area contributed by atoms with E-state index >= 15 is 0 Å². The van der Waals surface area contributed by atoms with Crippen molar-refractivity contribution in [3.8, 4) is 0 Å². The highest BCUT2D eigenvalue weighted by molar-refractivity contribution is 7.89. The van der Waals surface area contributed by atoms with Crippen LogP contribution in [0.2, 0.25) is 0 Å². The standard InChI is InChI=1S/C19H25N5O4S/c1-2-21-19(22-14-15-5-3-6-16(13-15)29(20,26)27)24-10-8-23(9-11-24)18(25)17-7-4-12-28-17/h3-7,12-13H,2,8-11,14H2,1H3,(H,21,22)(H2,20,26,27). The number of carbonyl (C=O) groups is 1. The van der Waals surface area contributed by atoms with Gasteiger partial charge in [0.15, 0.2) is 11.7 Å². The van der Waals surface area contributed by atoms with Crippen LogP contribution in [-0.2, 0) is 16.6 Å². The van der Waals surface area contributed by atoms with Gasteiger partial charge < -0.3 is 19.5 Å². The molecule has 0 atom stereocenters. The number of nitrogens with two attached hydrogens (primary N) is 1. The largest absolute Gasteiger partial charge is 0.459 e. The lowest BCUT2D eigenvalue weighted by Gasteiger charge is -2.36. The van der Waals surface area contributed by atoms with Crippen molar-refractivity contribution in [3.63, 3.8) is 0 Å². The molecule has 0 radical (unpaired) electrons. The highest BCUT2D eigenvalue weighted by atomic mass is 32.2. The summed E-state index contributed by atoms with van der Waals surface area (Å²) in [7, 11) is -3.75. The number of piperazine rings is 1. The Kier molecular flexibility index (Phi) is 6.55. The minimum atomic E-state index is -3.75. The van der Waals surface area contributed by atoms with E-state index in [0.717, 1.165) is 11.5 Å². The first-order chi connectivity index (χ1) is 13.9. The first kappa shape index (κ1) is 20.9. The van der Waals surface area contributed by atoms with Crippen molar-refractivity contribution in [2.45, 2.75) is 18.4 Å². The van der Waals surface area contributed by atoms with Gasteiger partial charge in [0.2, 0.25) is 10.0 Å². The number of benzene rings is 1. The van der Waals surface area contributed by atoms with E-state index in [0.29, 0.717) is 45.0 Å². The number of hydrogen-bond acceptors (Lipinski definition) is 5. The first-order valence-electron chi connectivity index (χ1n) is 9.36. The molecule has 9 nitrogen and oxygen atoms in total. The number of amides is 1. The molecular formula is C19H25N5O4S. The van der Waals surface area contributed by atoms with E-state index in [4.69, 9.17) is 9.56 Å². The Morgan fingerprint density at radius 3 is 2.52 bits per heavy atom. The summed E-state index contributed by atoms with van der Waals surface area (Å²) < 4.78 is 28.2. The molecule has 1 saturated heterocycles. The summed E-state index contributed by atoms with van der Waals surface area (Å²) >= 11 is 0. The summed E-state index contributed by atoms with van der Waals surface area (Å²) in [5.74, 6) is 0.948. The second-order valence-electron chi connectivity index (χ2n) is 6.62. The average Bonchev–Trinajstić information content (AvgIpc) is 3.25. The van der Waals surface area contributed by atoms with Crippen molar-refractivity contribution in [2.24, 2.45) is 10.1 Å². The Labute approximate surface area is 170 Å².